The maximum Gasteiger partial charge on any atom is 0.241 e. The van der Waals surface area contributed by atoms with Gasteiger partial charge in [-0.1, -0.05) is 0 Å². The van der Waals surface area contributed by atoms with Gasteiger partial charge in [0.1, 0.15) is 30.5 Å². The number of rotatable bonds is 3. The molecule has 1 amide bonds. The van der Waals surface area contributed by atoms with Crippen molar-refractivity contribution in [2.24, 2.45) is 0 Å². The second kappa shape index (κ2) is 6.21. The van der Waals surface area contributed by atoms with E-state index in [-0.39, 0.29) is 11.8 Å². The molecule has 27 heavy (non-hydrogen) atoms. The van der Waals surface area contributed by atoms with Crippen molar-refractivity contribution >= 4 is 5.91 Å². The molecule has 3 aliphatic heterocycles. The van der Waals surface area contributed by atoms with Crippen molar-refractivity contribution in [3.63, 3.8) is 0 Å². The number of aromatic nitrogens is 2. The van der Waals surface area contributed by atoms with Crippen LogP contribution in [-0.2, 0) is 28.5 Å². The minimum atomic E-state index is -0.840. The summed E-state index contributed by atoms with van der Waals surface area (Å²) in [6.45, 7) is 10.4. The number of aryl methyl sites for hydroxylation is 1. The molecule has 1 aromatic heterocycles. The van der Waals surface area contributed by atoms with Gasteiger partial charge in [-0.25, -0.2) is 0 Å². The molecule has 0 radical (unpaired) electrons. The summed E-state index contributed by atoms with van der Waals surface area (Å²) < 4.78 is 35.8. The van der Waals surface area contributed by atoms with Crippen LogP contribution in [0.5, 0.6) is 0 Å². The molecule has 0 saturated carbocycles. The molecule has 0 spiro atoms. The molecule has 3 saturated heterocycles. The molecule has 10 nitrogen and oxygen atoms in total. The van der Waals surface area contributed by atoms with Crippen LogP contribution >= 0.6 is 0 Å². The fourth-order valence-electron chi connectivity index (χ4n) is 3.85. The molecule has 6 atom stereocenters. The summed E-state index contributed by atoms with van der Waals surface area (Å²) in [6, 6.07) is -0.720. The van der Waals surface area contributed by atoms with Crippen LogP contribution in [0.3, 0.4) is 0 Å². The second-order valence-electron chi connectivity index (χ2n) is 7.97. The first-order valence-electron chi connectivity index (χ1n) is 8.98. The van der Waals surface area contributed by atoms with Crippen molar-refractivity contribution in [2.45, 2.75) is 89.9 Å². The first-order valence-corrected chi connectivity index (χ1v) is 8.98. The Kier molecular flexibility index (Phi) is 4.32. The van der Waals surface area contributed by atoms with E-state index in [1.165, 1.54) is 6.92 Å². The molecule has 4 heterocycles. The van der Waals surface area contributed by atoms with Gasteiger partial charge in [0.2, 0.25) is 17.7 Å². The summed E-state index contributed by atoms with van der Waals surface area (Å²) in [6.07, 6.45) is -2.76. The van der Waals surface area contributed by atoms with Gasteiger partial charge >= 0.3 is 0 Å². The molecule has 0 aliphatic carbocycles. The summed E-state index contributed by atoms with van der Waals surface area (Å²) in [5.74, 6) is -1.31. The first-order chi connectivity index (χ1) is 12.5. The number of carbonyl (C=O) groups excluding carboxylic acids is 1. The van der Waals surface area contributed by atoms with E-state index in [2.05, 4.69) is 15.5 Å². The summed E-state index contributed by atoms with van der Waals surface area (Å²) in [7, 11) is 0. The zero-order chi connectivity index (χ0) is 19.6. The van der Waals surface area contributed by atoms with Crippen molar-refractivity contribution in [3.8, 4) is 0 Å². The van der Waals surface area contributed by atoms with Crippen LogP contribution in [0.25, 0.3) is 0 Å². The van der Waals surface area contributed by atoms with Crippen LogP contribution in [0.15, 0.2) is 4.42 Å². The third-order valence-electron chi connectivity index (χ3n) is 4.69. The van der Waals surface area contributed by atoms with Gasteiger partial charge in [0.05, 0.1) is 0 Å². The molecule has 3 fully saturated rings. The van der Waals surface area contributed by atoms with E-state index in [9.17, 15) is 4.79 Å². The predicted octanol–water partition coefficient (Wildman–Crippen LogP) is 0.952. The summed E-state index contributed by atoms with van der Waals surface area (Å²) in [5, 5.41) is 10.7. The Morgan fingerprint density at radius 2 is 1.63 bits per heavy atom. The monoisotopic (exact) mass is 383 g/mol. The van der Waals surface area contributed by atoms with Gasteiger partial charge in [-0.3, -0.25) is 4.79 Å². The second-order valence-corrected chi connectivity index (χ2v) is 7.97. The SMILES string of the molecule is CC(=O)N[C@@H](c1nnc(C)o1)[C@H]1O[C@@H]2OC(C)(C)O[C@@H]2[C@H]2OC(C)(C)O[C@H]21. The lowest BCUT2D eigenvalue weighted by atomic mass is 9.94. The number of hydrogen-bond acceptors (Lipinski definition) is 9. The lowest BCUT2D eigenvalue weighted by Gasteiger charge is -2.39. The molecule has 10 heteroatoms. The van der Waals surface area contributed by atoms with Crippen LogP contribution in [0.4, 0.5) is 0 Å². The molecular formula is C17H25N3O7. The molecule has 150 valence electrons. The van der Waals surface area contributed by atoms with E-state index in [0.29, 0.717) is 5.89 Å². The van der Waals surface area contributed by atoms with Crippen molar-refractivity contribution < 1.29 is 32.9 Å². The Morgan fingerprint density at radius 1 is 1.00 bits per heavy atom. The quantitative estimate of drug-likeness (QED) is 0.815. The Morgan fingerprint density at radius 3 is 2.26 bits per heavy atom. The fraction of sp³-hybridized carbons (Fsp3) is 0.824. The Labute approximate surface area is 156 Å². The van der Waals surface area contributed by atoms with Gasteiger partial charge in [-0.15, -0.1) is 10.2 Å². The largest absolute Gasteiger partial charge is 0.423 e. The summed E-state index contributed by atoms with van der Waals surface area (Å²) in [5.41, 5.74) is 0. The molecule has 1 aromatic rings. The van der Waals surface area contributed by atoms with Gasteiger partial charge < -0.3 is 33.4 Å². The molecule has 0 aromatic carbocycles. The van der Waals surface area contributed by atoms with E-state index < -0.39 is 48.3 Å². The predicted molar refractivity (Wildman–Crippen MR) is 88.1 cm³/mol. The number of amides is 1. The Hall–Kier alpha value is -1.59. The molecular weight excluding hydrogens is 358 g/mol. The molecule has 3 aliphatic rings. The van der Waals surface area contributed by atoms with E-state index in [0.717, 1.165) is 0 Å². The number of nitrogens with zero attached hydrogens (tertiary/aromatic N) is 2. The summed E-state index contributed by atoms with van der Waals surface area (Å²) in [4.78, 5) is 11.8. The average molecular weight is 383 g/mol. The van der Waals surface area contributed by atoms with Crippen molar-refractivity contribution in [3.05, 3.63) is 11.8 Å². The van der Waals surface area contributed by atoms with E-state index in [4.69, 9.17) is 28.1 Å². The van der Waals surface area contributed by atoms with Crippen LogP contribution < -0.4 is 5.32 Å². The Bertz CT molecular complexity index is 734. The first kappa shape index (κ1) is 18.8. The van der Waals surface area contributed by atoms with Gasteiger partial charge in [-0.05, 0) is 27.7 Å². The summed E-state index contributed by atoms with van der Waals surface area (Å²) >= 11 is 0. The number of carbonyl (C=O) groups is 1. The third-order valence-corrected chi connectivity index (χ3v) is 4.69. The molecule has 0 bridgehead atoms. The van der Waals surface area contributed by atoms with Crippen LogP contribution in [0.2, 0.25) is 0 Å². The number of fused-ring (bicyclic) bond motifs is 3. The van der Waals surface area contributed by atoms with E-state index in [1.54, 1.807) is 6.92 Å². The van der Waals surface area contributed by atoms with Crippen molar-refractivity contribution in [1.82, 2.24) is 15.5 Å². The highest BCUT2D eigenvalue weighted by Gasteiger charge is 2.62. The van der Waals surface area contributed by atoms with Crippen LogP contribution in [0.1, 0.15) is 52.4 Å². The highest BCUT2D eigenvalue weighted by Crippen LogP contribution is 2.46. The zero-order valence-corrected chi connectivity index (χ0v) is 16.2. The Balaban J connectivity index is 1.70. The van der Waals surface area contributed by atoms with Gasteiger partial charge in [0.25, 0.3) is 0 Å². The average Bonchev–Trinajstić information content (AvgIpc) is 3.17. The molecule has 4 rings (SSSR count). The third kappa shape index (κ3) is 3.47. The number of hydrogen-bond donors (Lipinski definition) is 1. The van der Waals surface area contributed by atoms with Crippen LogP contribution in [-0.4, -0.2) is 58.4 Å². The maximum atomic E-state index is 11.8. The minimum absolute atomic E-state index is 0.233. The number of ether oxygens (including phenoxy) is 5. The van der Waals surface area contributed by atoms with E-state index in [1.807, 2.05) is 27.7 Å². The van der Waals surface area contributed by atoms with Gasteiger partial charge in [-0.2, -0.15) is 0 Å². The van der Waals surface area contributed by atoms with E-state index >= 15 is 0 Å². The number of nitrogens with one attached hydrogen (secondary N) is 1. The fourth-order valence-corrected chi connectivity index (χ4v) is 3.85. The molecule has 1 N–H and O–H groups in total. The highest BCUT2D eigenvalue weighted by atomic mass is 16.9. The zero-order valence-electron chi connectivity index (χ0n) is 16.2. The topological polar surface area (TPSA) is 114 Å². The van der Waals surface area contributed by atoms with Crippen molar-refractivity contribution in [1.29, 1.82) is 0 Å². The minimum Gasteiger partial charge on any atom is -0.423 e. The molecule has 0 unspecified atom stereocenters. The lowest BCUT2D eigenvalue weighted by Crippen LogP contribution is -2.58. The smallest absolute Gasteiger partial charge is 0.241 e. The van der Waals surface area contributed by atoms with Gasteiger partial charge in [0, 0.05) is 13.8 Å². The highest BCUT2D eigenvalue weighted by molar-refractivity contribution is 5.73. The van der Waals surface area contributed by atoms with Gasteiger partial charge in [0.15, 0.2) is 17.9 Å². The van der Waals surface area contributed by atoms with Crippen molar-refractivity contribution in [2.75, 3.05) is 0 Å². The van der Waals surface area contributed by atoms with Crippen LogP contribution in [0, 0.1) is 6.92 Å². The maximum absolute atomic E-state index is 11.8. The lowest BCUT2D eigenvalue weighted by molar-refractivity contribution is -0.241. The normalized spacial score (nSPS) is 37.5. The standard InChI is InChI=1S/C17H25N3O7/c1-7(21)18-9(14-20-19-8(2)22-14)10-11-12(25-16(3,4)24-11)13-15(23-10)27-17(5,6)26-13/h9-13,15H,1-6H3,(H,18,21)/t9-,10-,11+,12+,13-,15-/m1/s1.